The van der Waals surface area contributed by atoms with Gasteiger partial charge in [0, 0.05) is 29.9 Å². The quantitative estimate of drug-likeness (QED) is 0.803. The molecule has 0 aliphatic heterocycles. The molecule has 0 radical (unpaired) electrons. The van der Waals surface area contributed by atoms with Crippen molar-refractivity contribution >= 4 is 5.69 Å². The van der Waals surface area contributed by atoms with Crippen molar-refractivity contribution < 1.29 is 17.6 Å². The summed E-state index contributed by atoms with van der Waals surface area (Å²) in [5.41, 5.74) is 0.658. The van der Waals surface area contributed by atoms with E-state index in [0.717, 1.165) is 12.8 Å². The third-order valence-corrected chi connectivity index (χ3v) is 3.43. The summed E-state index contributed by atoms with van der Waals surface area (Å²) in [6.45, 7) is 3.01. The van der Waals surface area contributed by atoms with E-state index in [2.05, 4.69) is 5.32 Å². The number of nitrogens with one attached hydrogen (secondary N) is 1. The minimum atomic E-state index is -4.29. The second-order valence-electron chi connectivity index (χ2n) is 5.75. The Morgan fingerprint density at radius 3 is 2.48 bits per heavy atom. The second-order valence-corrected chi connectivity index (χ2v) is 5.75. The van der Waals surface area contributed by atoms with E-state index < -0.39 is 18.5 Å². The lowest BCUT2D eigenvalue weighted by Crippen LogP contribution is -2.37. The molecule has 1 N–H and O–H groups in total. The monoisotopic (exact) mass is 304 g/mol. The Kier molecular flexibility index (Phi) is 4.76. The lowest BCUT2D eigenvalue weighted by molar-refractivity contribution is -0.120. The Hall–Kier alpha value is -1.30. The molecule has 2 rings (SSSR count). The van der Waals surface area contributed by atoms with Gasteiger partial charge in [-0.1, -0.05) is 19.9 Å². The van der Waals surface area contributed by atoms with E-state index in [1.807, 2.05) is 13.8 Å². The van der Waals surface area contributed by atoms with Gasteiger partial charge in [-0.15, -0.1) is 0 Å². The molecule has 0 amide bonds. The Morgan fingerprint density at radius 2 is 1.95 bits per heavy atom. The lowest BCUT2D eigenvalue weighted by Gasteiger charge is -2.28. The molecule has 0 spiro atoms. The highest BCUT2D eigenvalue weighted by molar-refractivity contribution is 5.56. The van der Waals surface area contributed by atoms with Gasteiger partial charge < -0.3 is 10.2 Å². The van der Waals surface area contributed by atoms with Gasteiger partial charge in [-0.25, -0.2) is 4.39 Å². The number of nitrogens with zero attached hydrogens (tertiary/aromatic N) is 1. The summed E-state index contributed by atoms with van der Waals surface area (Å²) in [4.78, 5) is 1.29. The number of anilines is 1. The summed E-state index contributed by atoms with van der Waals surface area (Å²) < 4.78 is 52.4. The van der Waals surface area contributed by atoms with Gasteiger partial charge in [-0.2, -0.15) is 13.2 Å². The molecular weight excluding hydrogens is 284 g/mol. The number of hydrogen-bond donors (Lipinski definition) is 1. The van der Waals surface area contributed by atoms with Crippen molar-refractivity contribution in [1.29, 1.82) is 0 Å². The first-order valence-corrected chi connectivity index (χ1v) is 7.12. The van der Waals surface area contributed by atoms with E-state index >= 15 is 0 Å². The van der Waals surface area contributed by atoms with Crippen molar-refractivity contribution in [2.75, 3.05) is 11.4 Å². The zero-order chi connectivity index (χ0) is 15.6. The van der Waals surface area contributed by atoms with Crippen LogP contribution in [0.15, 0.2) is 18.2 Å². The number of benzene rings is 1. The summed E-state index contributed by atoms with van der Waals surface area (Å²) in [6, 6.07) is 4.33. The molecule has 1 aromatic carbocycles. The molecule has 1 fully saturated rings. The van der Waals surface area contributed by atoms with Crippen molar-refractivity contribution in [1.82, 2.24) is 5.32 Å². The average Bonchev–Trinajstić information content (AvgIpc) is 3.17. The summed E-state index contributed by atoms with van der Waals surface area (Å²) in [6.07, 6.45) is -2.84. The molecule has 0 heterocycles. The van der Waals surface area contributed by atoms with Crippen LogP contribution in [0.3, 0.4) is 0 Å². The molecule has 1 aliphatic carbocycles. The standard InChI is InChI=1S/C15H20F4N2/c1-10(2)20-8-12-13(16)4-3-5-14(12)21(11-6-7-11)9-15(17,18)19/h3-5,10-11,20H,6-9H2,1-2H3. The largest absolute Gasteiger partial charge is 0.405 e. The van der Waals surface area contributed by atoms with Gasteiger partial charge in [0.25, 0.3) is 0 Å². The maximum Gasteiger partial charge on any atom is 0.405 e. The smallest absolute Gasteiger partial charge is 0.359 e. The molecule has 118 valence electrons. The topological polar surface area (TPSA) is 15.3 Å². The summed E-state index contributed by atoms with van der Waals surface area (Å²) in [5, 5.41) is 3.07. The predicted molar refractivity (Wildman–Crippen MR) is 74.8 cm³/mol. The van der Waals surface area contributed by atoms with Crippen LogP contribution < -0.4 is 10.2 Å². The first kappa shape index (κ1) is 16.1. The van der Waals surface area contributed by atoms with Crippen molar-refractivity contribution in [3.63, 3.8) is 0 Å². The van der Waals surface area contributed by atoms with E-state index in [1.165, 1.54) is 17.0 Å². The molecule has 0 aromatic heterocycles. The van der Waals surface area contributed by atoms with E-state index in [4.69, 9.17) is 0 Å². The molecule has 0 saturated heterocycles. The molecular formula is C15H20F4N2. The van der Waals surface area contributed by atoms with Crippen LogP contribution in [0.5, 0.6) is 0 Å². The predicted octanol–water partition coefficient (Wildman–Crippen LogP) is 3.85. The summed E-state index contributed by atoms with van der Waals surface area (Å²) >= 11 is 0. The number of hydrogen-bond acceptors (Lipinski definition) is 2. The van der Waals surface area contributed by atoms with Crippen LogP contribution in [0, 0.1) is 5.82 Å². The minimum absolute atomic E-state index is 0.133. The van der Waals surface area contributed by atoms with Gasteiger partial charge in [0.1, 0.15) is 12.4 Å². The lowest BCUT2D eigenvalue weighted by atomic mass is 10.1. The summed E-state index contributed by atoms with van der Waals surface area (Å²) in [5.74, 6) is -0.464. The number of rotatable bonds is 6. The van der Waals surface area contributed by atoms with Crippen molar-refractivity contribution in [2.24, 2.45) is 0 Å². The van der Waals surface area contributed by atoms with Gasteiger partial charge in [-0.3, -0.25) is 0 Å². The van der Waals surface area contributed by atoms with Crippen LogP contribution in [0.25, 0.3) is 0 Å². The van der Waals surface area contributed by atoms with E-state index in [-0.39, 0.29) is 18.6 Å². The molecule has 21 heavy (non-hydrogen) atoms. The molecule has 6 heteroatoms. The molecule has 1 aliphatic rings. The zero-order valence-electron chi connectivity index (χ0n) is 12.2. The van der Waals surface area contributed by atoms with Gasteiger partial charge in [0.2, 0.25) is 0 Å². The second kappa shape index (κ2) is 6.22. The van der Waals surface area contributed by atoms with Crippen molar-refractivity contribution in [2.45, 2.75) is 51.5 Å². The van der Waals surface area contributed by atoms with Crippen LogP contribution in [0.4, 0.5) is 23.2 Å². The van der Waals surface area contributed by atoms with Crippen LogP contribution in [-0.4, -0.2) is 24.8 Å². The maximum absolute atomic E-state index is 14.0. The normalized spacial score (nSPS) is 15.6. The third kappa shape index (κ3) is 4.59. The molecule has 0 unspecified atom stereocenters. The Bertz CT molecular complexity index is 481. The van der Waals surface area contributed by atoms with Crippen LogP contribution in [0.1, 0.15) is 32.3 Å². The van der Waals surface area contributed by atoms with Gasteiger partial charge in [0.05, 0.1) is 0 Å². The highest BCUT2D eigenvalue weighted by Crippen LogP contribution is 2.36. The van der Waals surface area contributed by atoms with Crippen molar-refractivity contribution in [3.8, 4) is 0 Å². The van der Waals surface area contributed by atoms with E-state index in [1.54, 1.807) is 6.07 Å². The molecule has 1 saturated carbocycles. The minimum Gasteiger partial charge on any atom is -0.359 e. The molecule has 0 atom stereocenters. The zero-order valence-corrected chi connectivity index (χ0v) is 12.2. The number of halogens is 4. The van der Waals surface area contributed by atoms with Crippen LogP contribution in [0.2, 0.25) is 0 Å². The molecule has 2 nitrogen and oxygen atoms in total. The first-order valence-electron chi connectivity index (χ1n) is 7.12. The van der Waals surface area contributed by atoms with Crippen LogP contribution in [-0.2, 0) is 6.54 Å². The Balaban J connectivity index is 2.28. The fraction of sp³-hybridized carbons (Fsp3) is 0.600. The van der Waals surface area contributed by atoms with E-state index in [9.17, 15) is 17.6 Å². The van der Waals surface area contributed by atoms with Crippen molar-refractivity contribution in [3.05, 3.63) is 29.6 Å². The first-order chi connectivity index (χ1) is 9.78. The summed E-state index contributed by atoms with van der Waals surface area (Å²) in [7, 11) is 0. The van der Waals surface area contributed by atoms with Gasteiger partial charge in [0.15, 0.2) is 0 Å². The van der Waals surface area contributed by atoms with Crippen LogP contribution >= 0.6 is 0 Å². The third-order valence-electron chi connectivity index (χ3n) is 3.43. The number of alkyl halides is 3. The Labute approximate surface area is 122 Å². The van der Waals surface area contributed by atoms with Gasteiger partial charge >= 0.3 is 6.18 Å². The highest BCUT2D eigenvalue weighted by Gasteiger charge is 2.39. The average molecular weight is 304 g/mol. The fourth-order valence-corrected chi connectivity index (χ4v) is 2.29. The highest BCUT2D eigenvalue weighted by atomic mass is 19.4. The Morgan fingerprint density at radius 1 is 1.29 bits per heavy atom. The van der Waals surface area contributed by atoms with Gasteiger partial charge in [-0.05, 0) is 25.0 Å². The SMILES string of the molecule is CC(C)NCc1c(F)cccc1N(CC(F)(F)F)C1CC1. The fourth-order valence-electron chi connectivity index (χ4n) is 2.29. The van der Waals surface area contributed by atoms with E-state index in [0.29, 0.717) is 11.3 Å². The molecule has 0 bridgehead atoms. The molecule has 1 aromatic rings. The maximum atomic E-state index is 14.0.